The number of aryl methyl sites for hydroxylation is 1. The molecule has 2 heterocycles. The van der Waals surface area contributed by atoms with Gasteiger partial charge < -0.3 is 18.9 Å². The van der Waals surface area contributed by atoms with Crippen molar-refractivity contribution in [3.05, 3.63) is 34.2 Å². The van der Waals surface area contributed by atoms with Crippen molar-refractivity contribution < 1.29 is 14.3 Å². The number of fused-ring (bicyclic) bond motifs is 1. The van der Waals surface area contributed by atoms with Crippen molar-refractivity contribution in [3.63, 3.8) is 0 Å². The minimum absolute atomic E-state index is 0.0320. The predicted octanol–water partition coefficient (Wildman–Crippen LogP) is 2.21. The lowest BCUT2D eigenvalue weighted by atomic mass is 10.0. The summed E-state index contributed by atoms with van der Waals surface area (Å²) in [7, 11) is 3.09. The summed E-state index contributed by atoms with van der Waals surface area (Å²) in [4.78, 5) is 30.6. The van der Waals surface area contributed by atoms with Crippen molar-refractivity contribution in [1.29, 1.82) is 0 Å². The van der Waals surface area contributed by atoms with E-state index in [-0.39, 0.29) is 11.5 Å². The highest BCUT2D eigenvalue weighted by atomic mass is 16.5. The maximum atomic E-state index is 13.4. The van der Waals surface area contributed by atoms with Crippen LogP contribution in [0.4, 0.5) is 0 Å². The van der Waals surface area contributed by atoms with E-state index < -0.39 is 0 Å². The highest BCUT2D eigenvalue weighted by molar-refractivity contribution is 6.07. The molecule has 1 saturated heterocycles. The van der Waals surface area contributed by atoms with Crippen molar-refractivity contribution in [1.82, 2.24) is 14.4 Å². The van der Waals surface area contributed by atoms with Crippen LogP contribution < -0.4 is 15.0 Å². The fraction of sp³-hybridized carbons (Fsp3) is 0.545. The Balaban J connectivity index is 1.69. The molecule has 1 aliphatic heterocycles. The largest absolute Gasteiger partial charge is 0.493 e. The van der Waals surface area contributed by atoms with Gasteiger partial charge in [0.2, 0.25) is 0 Å². The van der Waals surface area contributed by atoms with E-state index in [1.165, 1.54) is 20.0 Å². The van der Waals surface area contributed by atoms with Gasteiger partial charge in [0, 0.05) is 50.9 Å². The van der Waals surface area contributed by atoms with Crippen LogP contribution in [0, 0.1) is 5.92 Å². The fourth-order valence-corrected chi connectivity index (χ4v) is 4.09. The Morgan fingerprint density at radius 1 is 1.03 bits per heavy atom. The fourth-order valence-electron chi connectivity index (χ4n) is 4.09. The number of hydrogen-bond donors (Lipinski definition) is 0. The number of benzene rings is 1. The molecule has 0 bridgehead atoms. The van der Waals surface area contributed by atoms with Crippen LogP contribution in [0.25, 0.3) is 10.8 Å². The minimum Gasteiger partial charge on any atom is -0.493 e. The number of pyridine rings is 1. The number of methoxy groups -OCH3 is 2. The summed E-state index contributed by atoms with van der Waals surface area (Å²) in [6.45, 7) is 6.80. The number of ether oxygens (including phenoxy) is 2. The average molecular weight is 399 g/mol. The van der Waals surface area contributed by atoms with Gasteiger partial charge in [-0.1, -0.05) is 0 Å². The molecule has 7 nitrogen and oxygen atoms in total. The van der Waals surface area contributed by atoms with Gasteiger partial charge >= 0.3 is 0 Å². The van der Waals surface area contributed by atoms with Crippen molar-refractivity contribution in [2.75, 3.05) is 46.9 Å². The first-order chi connectivity index (χ1) is 14.0. The molecule has 0 atom stereocenters. The van der Waals surface area contributed by atoms with Crippen molar-refractivity contribution in [2.45, 2.75) is 26.3 Å². The molecule has 1 aliphatic carbocycles. The second-order valence-electron chi connectivity index (χ2n) is 7.92. The third-order valence-corrected chi connectivity index (χ3v) is 6.03. The van der Waals surface area contributed by atoms with Crippen LogP contribution in [0.3, 0.4) is 0 Å². The lowest BCUT2D eigenvalue weighted by Gasteiger charge is -2.35. The zero-order chi connectivity index (χ0) is 20.5. The summed E-state index contributed by atoms with van der Waals surface area (Å²) >= 11 is 0. The number of aromatic nitrogens is 1. The zero-order valence-corrected chi connectivity index (χ0v) is 17.4. The highest BCUT2D eigenvalue weighted by Crippen LogP contribution is 2.33. The SMILES string of the molecule is CCn1cc(C(=O)N2CCN(CC3CC3)CC2)c2cc(OC)c(OC)cc2c1=O. The van der Waals surface area contributed by atoms with Crippen LogP contribution in [0.1, 0.15) is 30.1 Å². The molecular formula is C22H29N3O4. The van der Waals surface area contributed by atoms with E-state index in [9.17, 15) is 9.59 Å². The number of hydrogen-bond acceptors (Lipinski definition) is 5. The Labute approximate surface area is 170 Å². The molecule has 0 unspecified atom stereocenters. The normalized spacial score (nSPS) is 17.6. The highest BCUT2D eigenvalue weighted by Gasteiger charge is 2.29. The molecule has 4 rings (SSSR count). The first-order valence-corrected chi connectivity index (χ1v) is 10.4. The van der Waals surface area contributed by atoms with Crippen molar-refractivity contribution in [2.24, 2.45) is 5.92 Å². The third-order valence-electron chi connectivity index (χ3n) is 6.03. The van der Waals surface area contributed by atoms with Gasteiger partial charge in [-0.25, -0.2) is 0 Å². The van der Waals surface area contributed by atoms with Gasteiger partial charge in [-0.15, -0.1) is 0 Å². The quantitative estimate of drug-likeness (QED) is 0.745. The average Bonchev–Trinajstić information content (AvgIpc) is 3.57. The molecule has 0 N–H and O–H groups in total. The maximum Gasteiger partial charge on any atom is 0.258 e. The third kappa shape index (κ3) is 3.83. The lowest BCUT2D eigenvalue weighted by Crippen LogP contribution is -2.49. The zero-order valence-electron chi connectivity index (χ0n) is 17.4. The van der Waals surface area contributed by atoms with Crippen LogP contribution in [-0.2, 0) is 6.54 Å². The number of nitrogens with zero attached hydrogens (tertiary/aromatic N) is 3. The van der Waals surface area contributed by atoms with Gasteiger partial charge in [0.1, 0.15) is 0 Å². The lowest BCUT2D eigenvalue weighted by molar-refractivity contribution is 0.0633. The first-order valence-electron chi connectivity index (χ1n) is 10.4. The molecule has 2 fully saturated rings. The van der Waals surface area contributed by atoms with Crippen molar-refractivity contribution in [3.8, 4) is 11.5 Å². The van der Waals surface area contributed by atoms with E-state index in [4.69, 9.17) is 9.47 Å². The topological polar surface area (TPSA) is 64.0 Å². The van der Waals surface area contributed by atoms with Crippen LogP contribution in [0.15, 0.2) is 23.1 Å². The van der Waals surface area contributed by atoms with Gasteiger partial charge in [-0.2, -0.15) is 0 Å². The Morgan fingerprint density at radius 3 is 2.21 bits per heavy atom. The number of amides is 1. The summed E-state index contributed by atoms with van der Waals surface area (Å²) in [6.07, 6.45) is 4.37. The summed E-state index contributed by atoms with van der Waals surface area (Å²) in [5.41, 5.74) is 0.410. The molecule has 0 radical (unpaired) electrons. The summed E-state index contributed by atoms with van der Waals surface area (Å²) in [5.74, 6) is 1.82. The summed E-state index contributed by atoms with van der Waals surface area (Å²) in [5, 5.41) is 1.09. The Kier molecular flexibility index (Phi) is 5.50. The Bertz CT molecular complexity index is 972. The van der Waals surface area contributed by atoms with Gasteiger partial charge in [-0.05, 0) is 37.8 Å². The smallest absolute Gasteiger partial charge is 0.258 e. The molecule has 0 spiro atoms. The summed E-state index contributed by atoms with van der Waals surface area (Å²) < 4.78 is 12.4. The molecule has 1 aromatic carbocycles. The molecular weight excluding hydrogens is 370 g/mol. The van der Waals surface area contributed by atoms with Crippen LogP contribution >= 0.6 is 0 Å². The summed E-state index contributed by atoms with van der Waals surface area (Å²) in [6, 6.07) is 3.42. The first kappa shape index (κ1) is 19.8. The maximum absolute atomic E-state index is 13.4. The van der Waals surface area contributed by atoms with E-state index in [0.29, 0.717) is 47.5 Å². The Morgan fingerprint density at radius 2 is 1.66 bits per heavy atom. The van der Waals surface area contributed by atoms with E-state index in [1.807, 2.05) is 11.8 Å². The van der Waals surface area contributed by atoms with Gasteiger partial charge in [0.15, 0.2) is 11.5 Å². The van der Waals surface area contributed by atoms with Crippen molar-refractivity contribution >= 4 is 16.7 Å². The number of rotatable bonds is 6. The molecule has 156 valence electrons. The van der Waals surface area contributed by atoms with E-state index in [1.54, 1.807) is 30.0 Å². The van der Waals surface area contributed by atoms with E-state index in [2.05, 4.69) is 4.90 Å². The molecule has 2 aliphatic rings. The molecule has 29 heavy (non-hydrogen) atoms. The van der Waals surface area contributed by atoms with Crippen LogP contribution in [0.5, 0.6) is 11.5 Å². The second kappa shape index (κ2) is 8.06. The molecule has 1 amide bonds. The van der Waals surface area contributed by atoms with E-state index in [0.717, 1.165) is 25.6 Å². The van der Waals surface area contributed by atoms with Gasteiger partial charge in [0.05, 0.1) is 25.2 Å². The van der Waals surface area contributed by atoms with Crippen LogP contribution in [0.2, 0.25) is 0 Å². The molecule has 1 saturated carbocycles. The van der Waals surface area contributed by atoms with E-state index >= 15 is 0 Å². The molecule has 2 aromatic rings. The van der Waals surface area contributed by atoms with Gasteiger partial charge in [0.25, 0.3) is 11.5 Å². The predicted molar refractivity (Wildman–Crippen MR) is 112 cm³/mol. The number of carbonyl (C=O) groups is 1. The second-order valence-corrected chi connectivity index (χ2v) is 7.92. The molecule has 1 aromatic heterocycles. The Hall–Kier alpha value is -2.54. The monoisotopic (exact) mass is 399 g/mol. The number of carbonyl (C=O) groups excluding carboxylic acids is 1. The number of piperazine rings is 1. The standard InChI is InChI=1S/C22H29N3O4/c1-4-24-14-18(16-11-19(28-2)20(29-3)12-17(16)21(24)26)22(27)25-9-7-23(8-10-25)13-15-5-6-15/h11-12,14-15H,4-10,13H2,1-3H3. The van der Waals surface area contributed by atoms with Gasteiger partial charge in [-0.3, -0.25) is 14.5 Å². The minimum atomic E-state index is -0.130. The molecule has 7 heteroatoms. The van der Waals surface area contributed by atoms with Crippen LogP contribution in [-0.4, -0.2) is 67.2 Å².